The van der Waals surface area contributed by atoms with Crippen LogP contribution in [0.3, 0.4) is 0 Å². The smallest absolute Gasteiger partial charge is 0.264 e. The summed E-state index contributed by atoms with van der Waals surface area (Å²) in [5, 5.41) is 2.40. The van der Waals surface area contributed by atoms with Crippen LogP contribution in [0.1, 0.15) is 34.1 Å². The number of benzene rings is 1. The summed E-state index contributed by atoms with van der Waals surface area (Å²) < 4.78 is 5.34. The van der Waals surface area contributed by atoms with Gasteiger partial charge in [0, 0.05) is 27.5 Å². The molecule has 0 saturated carbocycles. The lowest BCUT2D eigenvalue weighted by Crippen LogP contribution is -2.32. The van der Waals surface area contributed by atoms with Gasteiger partial charge in [-0.05, 0) is 68.1 Å². The molecule has 6 nitrogen and oxygen atoms in total. The number of hydrogen-bond donors (Lipinski definition) is 0. The minimum Gasteiger partial charge on any atom is -0.268 e. The molecule has 1 aliphatic carbocycles. The summed E-state index contributed by atoms with van der Waals surface area (Å²) in [6.45, 7) is 0. The number of imidazole rings is 2. The van der Waals surface area contributed by atoms with Gasteiger partial charge in [-0.15, -0.1) is 22.7 Å². The van der Waals surface area contributed by atoms with Crippen molar-refractivity contribution < 1.29 is 4.79 Å². The Bertz CT molecular complexity index is 2000. The molecular formula is C22H8Br2N4O2S2. The summed E-state index contributed by atoms with van der Waals surface area (Å²) in [4.78, 5) is 38.5. The van der Waals surface area contributed by atoms with Crippen LogP contribution < -0.4 is 10.8 Å². The Morgan fingerprint density at radius 1 is 1.00 bits per heavy atom. The van der Waals surface area contributed by atoms with Gasteiger partial charge < -0.3 is 0 Å². The van der Waals surface area contributed by atoms with Crippen LogP contribution in [-0.4, -0.2) is 24.8 Å². The summed E-state index contributed by atoms with van der Waals surface area (Å²) >= 11 is 10.0. The molecule has 0 amide bonds. The number of rotatable bonds is 0. The maximum absolute atomic E-state index is 13.6. The molecule has 0 N–H and O–H groups in total. The highest BCUT2D eigenvalue weighted by Gasteiger charge is 2.37. The molecule has 6 aromatic rings. The zero-order valence-electron chi connectivity index (χ0n) is 15.8. The van der Waals surface area contributed by atoms with E-state index in [0.717, 1.165) is 50.3 Å². The minimum atomic E-state index is -0.102. The van der Waals surface area contributed by atoms with E-state index in [0.29, 0.717) is 23.0 Å². The van der Waals surface area contributed by atoms with Crippen LogP contribution in [0, 0.1) is 0 Å². The highest BCUT2D eigenvalue weighted by Crippen LogP contribution is 2.43. The van der Waals surface area contributed by atoms with Gasteiger partial charge in [-0.25, -0.2) is 9.97 Å². The predicted molar refractivity (Wildman–Crippen MR) is 133 cm³/mol. The van der Waals surface area contributed by atoms with Gasteiger partial charge in [0.25, 0.3) is 11.5 Å². The third-order valence-corrected chi connectivity index (χ3v) is 9.56. The fourth-order valence-corrected chi connectivity index (χ4v) is 8.15. The number of carbonyl (C=O) groups is 1. The van der Waals surface area contributed by atoms with Crippen LogP contribution in [0.5, 0.6) is 0 Å². The Kier molecular flexibility index (Phi) is 3.24. The molecule has 1 aromatic carbocycles. The average Bonchev–Trinajstić information content (AvgIpc) is 3.48. The fraction of sp³-hybridized carbons (Fsp3) is 0.0909. The van der Waals surface area contributed by atoms with E-state index < -0.39 is 0 Å². The van der Waals surface area contributed by atoms with Crippen molar-refractivity contribution in [2.75, 3.05) is 0 Å². The zero-order chi connectivity index (χ0) is 21.5. The van der Waals surface area contributed by atoms with Gasteiger partial charge in [-0.1, -0.05) is 6.08 Å². The maximum atomic E-state index is 13.6. The molecule has 0 radical (unpaired) electrons. The molecule has 0 spiro atoms. The van der Waals surface area contributed by atoms with E-state index in [9.17, 15) is 9.59 Å². The van der Waals surface area contributed by atoms with Gasteiger partial charge in [-0.3, -0.25) is 18.6 Å². The third-order valence-electron chi connectivity index (χ3n) is 6.51. The molecule has 2 aliphatic rings. The Morgan fingerprint density at radius 3 is 2.56 bits per heavy atom. The van der Waals surface area contributed by atoms with E-state index in [4.69, 9.17) is 9.97 Å². The van der Waals surface area contributed by atoms with Crippen molar-refractivity contribution in [2.45, 2.75) is 12.3 Å². The Morgan fingerprint density at radius 2 is 1.75 bits per heavy atom. The molecule has 154 valence electrons. The lowest BCUT2D eigenvalue weighted by Gasteiger charge is -2.29. The van der Waals surface area contributed by atoms with Gasteiger partial charge in [0.15, 0.2) is 0 Å². The van der Waals surface area contributed by atoms with Crippen molar-refractivity contribution in [1.82, 2.24) is 18.9 Å². The summed E-state index contributed by atoms with van der Waals surface area (Å²) in [5.41, 5.74) is 3.76. The van der Waals surface area contributed by atoms with Crippen LogP contribution in [0.4, 0.5) is 0 Å². The standard InChI is InChI=1S/C22H8Br2N4O2S2/c23-13-5-11-19(31-13)25-17-7-1-2-8-16-10(4-3-9(15(7)16)21(29)27(11)17)22(30)28-12-6-14(24)32-20(12)26-18(8)28/h1,3-6,8H,2H2. The highest BCUT2D eigenvalue weighted by molar-refractivity contribution is 9.11. The summed E-state index contributed by atoms with van der Waals surface area (Å²) in [7, 11) is 0. The van der Waals surface area contributed by atoms with Crippen LogP contribution in [0.2, 0.25) is 0 Å². The van der Waals surface area contributed by atoms with E-state index in [1.54, 1.807) is 15.0 Å². The summed E-state index contributed by atoms with van der Waals surface area (Å²) in [6, 6.07) is 7.49. The molecular weight excluding hydrogens is 576 g/mol. The normalized spacial score (nSPS) is 17.1. The second kappa shape index (κ2) is 5.74. The lowest BCUT2D eigenvalue weighted by molar-refractivity contribution is 0.0953. The number of fused-ring (bicyclic) bond motifs is 8. The molecule has 0 fully saturated rings. The van der Waals surface area contributed by atoms with E-state index >= 15 is 0 Å². The SMILES string of the molecule is O=C1c2ccc3c(=O)n4c(nc5sc(Br)cc54)c4c3c2C(CC=4)c2nc3sc(Br)cc3n21. The maximum Gasteiger partial charge on any atom is 0.264 e. The van der Waals surface area contributed by atoms with E-state index in [-0.39, 0.29) is 17.4 Å². The van der Waals surface area contributed by atoms with Gasteiger partial charge in [0.2, 0.25) is 0 Å². The third kappa shape index (κ3) is 1.97. The Hall–Kier alpha value is -2.40. The number of halogens is 2. The van der Waals surface area contributed by atoms with Crippen molar-refractivity contribution >= 4 is 104 Å². The number of nitrogens with zero attached hydrogens (tertiary/aromatic N) is 4. The lowest BCUT2D eigenvalue weighted by atomic mass is 9.80. The molecule has 5 aromatic heterocycles. The number of pyridine rings is 1. The zero-order valence-corrected chi connectivity index (χ0v) is 20.7. The van der Waals surface area contributed by atoms with Crippen molar-refractivity contribution in [3.63, 3.8) is 0 Å². The summed E-state index contributed by atoms with van der Waals surface area (Å²) in [5.74, 6) is 0.602. The largest absolute Gasteiger partial charge is 0.268 e. The molecule has 1 aliphatic heterocycles. The predicted octanol–water partition coefficient (Wildman–Crippen LogP) is 5.04. The van der Waals surface area contributed by atoms with Gasteiger partial charge in [0.05, 0.1) is 18.6 Å². The van der Waals surface area contributed by atoms with E-state index in [1.807, 2.05) is 18.2 Å². The molecule has 8 rings (SSSR count). The van der Waals surface area contributed by atoms with Gasteiger partial charge in [-0.2, -0.15) is 0 Å². The van der Waals surface area contributed by atoms with E-state index in [1.165, 1.54) is 22.7 Å². The highest BCUT2D eigenvalue weighted by atomic mass is 79.9. The van der Waals surface area contributed by atoms with Crippen molar-refractivity contribution in [3.8, 4) is 0 Å². The fourth-order valence-electron chi connectivity index (χ4n) is 5.31. The van der Waals surface area contributed by atoms with Crippen LogP contribution in [-0.2, 0) is 0 Å². The van der Waals surface area contributed by atoms with Crippen LogP contribution in [0.15, 0.2) is 36.6 Å². The van der Waals surface area contributed by atoms with E-state index in [2.05, 4.69) is 37.9 Å². The molecule has 1 unspecified atom stereocenters. The number of aromatic nitrogens is 4. The molecule has 0 bridgehead atoms. The van der Waals surface area contributed by atoms with Crippen molar-refractivity contribution in [1.29, 1.82) is 0 Å². The molecule has 32 heavy (non-hydrogen) atoms. The number of thiophene rings is 2. The topological polar surface area (TPSA) is 69.3 Å². The minimum absolute atomic E-state index is 0.0654. The van der Waals surface area contributed by atoms with Gasteiger partial charge >= 0.3 is 0 Å². The summed E-state index contributed by atoms with van der Waals surface area (Å²) in [6.07, 6.45) is 2.86. The second-order valence-electron chi connectivity index (χ2n) is 8.02. The Labute approximate surface area is 203 Å². The number of carbonyl (C=O) groups excluding carboxylic acids is 1. The Balaban J connectivity index is 1.55. The first-order valence-corrected chi connectivity index (χ1v) is 13.1. The quantitative estimate of drug-likeness (QED) is 0.251. The van der Waals surface area contributed by atoms with Crippen LogP contribution >= 0.6 is 54.5 Å². The van der Waals surface area contributed by atoms with Crippen LogP contribution in [0.25, 0.3) is 43.2 Å². The molecule has 10 heteroatoms. The average molecular weight is 584 g/mol. The second-order valence-corrected chi connectivity index (χ2v) is 12.8. The van der Waals surface area contributed by atoms with Crippen molar-refractivity contribution in [2.24, 2.45) is 0 Å². The number of hydrogen-bond acceptors (Lipinski definition) is 6. The van der Waals surface area contributed by atoms with Crippen molar-refractivity contribution in [3.05, 3.63) is 64.4 Å². The molecule has 0 saturated heterocycles. The molecule has 1 atom stereocenters. The first-order valence-electron chi connectivity index (χ1n) is 9.84. The first-order chi connectivity index (χ1) is 15.5. The first kappa shape index (κ1) is 18.1. The van der Waals surface area contributed by atoms with Gasteiger partial charge in [0.1, 0.15) is 21.1 Å². The molecule has 6 heterocycles. The monoisotopic (exact) mass is 582 g/mol.